The van der Waals surface area contributed by atoms with Gasteiger partial charge in [-0.1, -0.05) is 41.9 Å². The van der Waals surface area contributed by atoms with E-state index in [4.69, 9.17) is 16.4 Å². The second-order valence-electron chi connectivity index (χ2n) is 3.74. The Hall–Kier alpha value is -1.51. The fourth-order valence-electron chi connectivity index (χ4n) is 1.90. The summed E-state index contributed by atoms with van der Waals surface area (Å²) in [6, 6.07) is 15.8. The third-order valence-electron chi connectivity index (χ3n) is 2.69. The molecule has 0 fully saturated rings. The molecule has 80 valence electrons. The van der Waals surface area contributed by atoms with E-state index in [0.717, 1.165) is 21.8 Å². The summed E-state index contributed by atoms with van der Waals surface area (Å²) in [5, 5.41) is 0.729. The fourth-order valence-corrected chi connectivity index (χ4v) is 2.09. The SMILES string of the molecule is Clc1ccc2c(c1)C(c1ccccc1)ON2. The highest BCUT2D eigenvalue weighted by molar-refractivity contribution is 6.30. The first-order chi connectivity index (χ1) is 7.84. The molecule has 0 saturated carbocycles. The lowest BCUT2D eigenvalue weighted by molar-refractivity contribution is 0.154. The monoisotopic (exact) mass is 231 g/mol. The van der Waals surface area contributed by atoms with Gasteiger partial charge in [-0.05, 0) is 23.8 Å². The normalized spacial score (nSPS) is 17.9. The van der Waals surface area contributed by atoms with Crippen LogP contribution in [0.15, 0.2) is 48.5 Å². The summed E-state index contributed by atoms with van der Waals surface area (Å²) >= 11 is 5.99. The van der Waals surface area contributed by atoms with Crippen molar-refractivity contribution in [1.29, 1.82) is 0 Å². The van der Waals surface area contributed by atoms with Crippen molar-refractivity contribution >= 4 is 17.3 Å². The van der Waals surface area contributed by atoms with Gasteiger partial charge >= 0.3 is 0 Å². The van der Waals surface area contributed by atoms with Gasteiger partial charge in [0.25, 0.3) is 0 Å². The number of anilines is 1. The maximum atomic E-state index is 5.99. The van der Waals surface area contributed by atoms with E-state index in [9.17, 15) is 0 Å². The lowest BCUT2D eigenvalue weighted by Crippen LogP contribution is -1.99. The average molecular weight is 232 g/mol. The van der Waals surface area contributed by atoms with E-state index in [1.165, 1.54) is 0 Å². The van der Waals surface area contributed by atoms with Crippen molar-refractivity contribution in [2.75, 3.05) is 5.48 Å². The van der Waals surface area contributed by atoms with Crippen LogP contribution in [0.1, 0.15) is 17.2 Å². The van der Waals surface area contributed by atoms with Gasteiger partial charge in [0.15, 0.2) is 0 Å². The van der Waals surface area contributed by atoms with Gasteiger partial charge in [-0.3, -0.25) is 10.3 Å². The highest BCUT2D eigenvalue weighted by Gasteiger charge is 2.24. The molecule has 1 N–H and O–H groups in total. The molecule has 0 saturated heterocycles. The Kier molecular flexibility index (Phi) is 2.31. The first-order valence-corrected chi connectivity index (χ1v) is 5.48. The molecular formula is C13H10ClNO. The Morgan fingerprint density at radius 1 is 1.06 bits per heavy atom. The summed E-state index contributed by atoms with van der Waals surface area (Å²) in [6.07, 6.45) is -0.0742. The molecule has 1 aliphatic heterocycles. The highest BCUT2D eigenvalue weighted by atomic mass is 35.5. The van der Waals surface area contributed by atoms with Crippen LogP contribution in [0.4, 0.5) is 5.69 Å². The molecular weight excluding hydrogens is 222 g/mol. The number of nitrogens with one attached hydrogen (secondary N) is 1. The summed E-state index contributed by atoms with van der Waals surface area (Å²) < 4.78 is 0. The van der Waals surface area contributed by atoms with Gasteiger partial charge in [0.05, 0.1) is 5.69 Å². The molecule has 0 aromatic heterocycles. The number of benzene rings is 2. The maximum Gasteiger partial charge on any atom is 0.138 e. The number of halogens is 1. The van der Waals surface area contributed by atoms with Crippen LogP contribution in [0.25, 0.3) is 0 Å². The van der Waals surface area contributed by atoms with Crippen molar-refractivity contribution in [3.05, 3.63) is 64.7 Å². The quantitative estimate of drug-likeness (QED) is 0.806. The van der Waals surface area contributed by atoms with E-state index in [1.807, 2.05) is 48.5 Å². The zero-order valence-electron chi connectivity index (χ0n) is 8.48. The van der Waals surface area contributed by atoms with Gasteiger partial charge in [-0.25, -0.2) is 0 Å². The minimum Gasteiger partial charge on any atom is -0.266 e. The van der Waals surface area contributed by atoms with Gasteiger partial charge in [-0.2, -0.15) is 0 Å². The molecule has 16 heavy (non-hydrogen) atoms. The van der Waals surface area contributed by atoms with Gasteiger partial charge in [-0.15, -0.1) is 0 Å². The zero-order valence-corrected chi connectivity index (χ0v) is 9.24. The lowest BCUT2D eigenvalue weighted by atomic mass is 10.0. The van der Waals surface area contributed by atoms with E-state index >= 15 is 0 Å². The molecule has 3 heteroatoms. The van der Waals surface area contributed by atoms with Crippen molar-refractivity contribution in [2.45, 2.75) is 6.10 Å². The van der Waals surface area contributed by atoms with E-state index in [1.54, 1.807) is 0 Å². The molecule has 2 nitrogen and oxygen atoms in total. The van der Waals surface area contributed by atoms with Crippen molar-refractivity contribution in [2.24, 2.45) is 0 Å². The van der Waals surface area contributed by atoms with Crippen LogP contribution in [0, 0.1) is 0 Å². The average Bonchev–Trinajstić information content (AvgIpc) is 2.73. The largest absolute Gasteiger partial charge is 0.266 e. The topological polar surface area (TPSA) is 21.3 Å². The van der Waals surface area contributed by atoms with E-state index in [0.29, 0.717) is 0 Å². The van der Waals surface area contributed by atoms with Gasteiger partial charge in [0, 0.05) is 10.6 Å². The van der Waals surface area contributed by atoms with Crippen molar-refractivity contribution in [3.63, 3.8) is 0 Å². The lowest BCUT2D eigenvalue weighted by Gasteiger charge is -2.09. The van der Waals surface area contributed by atoms with Crippen LogP contribution in [-0.2, 0) is 4.84 Å². The summed E-state index contributed by atoms with van der Waals surface area (Å²) in [7, 11) is 0. The van der Waals surface area contributed by atoms with Gasteiger partial charge in [0.1, 0.15) is 6.10 Å². The molecule has 2 aromatic carbocycles. The minimum absolute atomic E-state index is 0.0742. The van der Waals surface area contributed by atoms with Crippen LogP contribution in [-0.4, -0.2) is 0 Å². The smallest absolute Gasteiger partial charge is 0.138 e. The van der Waals surface area contributed by atoms with Crippen LogP contribution in [0.2, 0.25) is 5.02 Å². The number of rotatable bonds is 1. The molecule has 2 aromatic rings. The highest BCUT2D eigenvalue weighted by Crippen LogP contribution is 2.38. The summed E-state index contributed by atoms with van der Waals surface area (Å²) in [5.74, 6) is 0. The fraction of sp³-hybridized carbons (Fsp3) is 0.0769. The van der Waals surface area contributed by atoms with Crippen LogP contribution in [0.5, 0.6) is 0 Å². The Labute approximate surface area is 98.8 Å². The first-order valence-electron chi connectivity index (χ1n) is 5.10. The Morgan fingerprint density at radius 3 is 2.69 bits per heavy atom. The third-order valence-corrected chi connectivity index (χ3v) is 2.92. The molecule has 0 radical (unpaired) electrons. The first kappa shape index (κ1) is 9.70. The Morgan fingerprint density at radius 2 is 1.88 bits per heavy atom. The van der Waals surface area contributed by atoms with Crippen molar-refractivity contribution in [1.82, 2.24) is 0 Å². The predicted molar refractivity (Wildman–Crippen MR) is 64.4 cm³/mol. The predicted octanol–water partition coefficient (Wildman–Crippen LogP) is 3.79. The summed E-state index contributed by atoms with van der Waals surface area (Å²) in [5.41, 5.74) is 6.11. The van der Waals surface area contributed by atoms with Crippen LogP contribution < -0.4 is 5.48 Å². The minimum atomic E-state index is -0.0742. The number of fused-ring (bicyclic) bond motifs is 1. The summed E-state index contributed by atoms with van der Waals surface area (Å²) in [4.78, 5) is 5.56. The van der Waals surface area contributed by atoms with Gasteiger partial charge in [0.2, 0.25) is 0 Å². The van der Waals surface area contributed by atoms with Crippen LogP contribution >= 0.6 is 11.6 Å². The Bertz CT molecular complexity index is 513. The van der Waals surface area contributed by atoms with E-state index < -0.39 is 0 Å². The molecule has 3 rings (SSSR count). The zero-order chi connectivity index (χ0) is 11.0. The van der Waals surface area contributed by atoms with E-state index in [2.05, 4.69) is 5.48 Å². The van der Waals surface area contributed by atoms with E-state index in [-0.39, 0.29) is 6.10 Å². The molecule has 1 aliphatic rings. The molecule has 1 atom stereocenters. The molecule has 1 unspecified atom stereocenters. The second kappa shape index (κ2) is 3.81. The summed E-state index contributed by atoms with van der Waals surface area (Å²) in [6.45, 7) is 0. The third kappa shape index (κ3) is 1.56. The molecule has 1 heterocycles. The van der Waals surface area contributed by atoms with Crippen LogP contribution in [0.3, 0.4) is 0 Å². The molecule has 0 spiro atoms. The standard InChI is InChI=1S/C13H10ClNO/c14-10-6-7-12-11(8-10)13(16-15-12)9-4-2-1-3-5-9/h1-8,13,15H. The number of hydrogen-bond donors (Lipinski definition) is 1. The molecule has 0 amide bonds. The molecule has 0 aliphatic carbocycles. The second-order valence-corrected chi connectivity index (χ2v) is 4.18. The molecule has 0 bridgehead atoms. The number of hydrogen-bond acceptors (Lipinski definition) is 2. The van der Waals surface area contributed by atoms with Gasteiger partial charge < -0.3 is 0 Å². The van der Waals surface area contributed by atoms with Crippen molar-refractivity contribution < 1.29 is 4.84 Å². The Balaban J connectivity index is 2.06. The maximum absolute atomic E-state index is 5.99. The van der Waals surface area contributed by atoms with Crippen molar-refractivity contribution in [3.8, 4) is 0 Å².